The summed E-state index contributed by atoms with van der Waals surface area (Å²) in [7, 11) is 0. The lowest BCUT2D eigenvalue weighted by atomic mass is 9.49. The average molecular weight is 805 g/mol. The Hall–Kier alpha value is -5.95. The number of benzene rings is 4. The lowest BCUT2D eigenvalue weighted by molar-refractivity contribution is -0.274. The molecule has 0 radical (unpaired) electrons. The van der Waals surface area contributed by atoms with E-state index in [2.05, 4.69) is 27.2 Å². The Labute approximate surface area is 339 Å². The van der Waals surface area contributed by atoms with Crippen LogP contribution in [-0.2, 0) is 31.1 Å². The van der Waals surface area contributed by atoms with Gasteiger partial charge >= 0.3 is 6.36 Å². The number of nitrogens with one attached hydrogen (secondary N) is 1. The molecule has 3 aliphatic heterocycles. The number of anilines is 1. The first-order valence-electron chi connectivity index (χ1n) is 20.0. The number of likely N-dealkylation sites (tertiary alicyclic amines) is 2. The van der Waals surface area contributed by atoms with Crippen molar-refractivity contribution in [1.29, 1.82) is 0 Å². The quantitative estimate of drug-likeness (QED) is 0.141. The lowest BCUT2D eigenvalue weighted by Crippen LogP contribution is -2.53. The van der Waals surface area contributed by atoms with Crippen LogP contribution in [-0.4, -0.2) is 69.0 Å². The van der Waals surface area contributed by atoms with E-state index in [1.807, 2.05) is 43.3 Å². The van der Waals surface area contributed by atoms with E-state index in [0.717, 1.165) is 35.3 Å². The molecule has 2 aliphatic carbocycles. The summed E-state index contributed by atoms with van der Waals surface area (Å²) in [4.78, 5) is 63.2. The van der Waals surface area contributed by atoms with E-state index < -0.39 is 64.7 Å². The topological polar surface area (TPSA) is 119 Å². The van der Waals surface area contributed by atoms with Gasteiger partial charge in [0.1, 0.15) is 11.5 Å². The molecule has 1 saturated carbocycles. The lowest BCUT2D eigenvalue weighted by Gasteiger charge is -2.50. The second-order valence-electron chi connectivity index (χ2n) is 16.4. The molecule has 4 aromatic rings. The highest BCUT2D eigenvalue weighted by molar-refractivity contribution is 6.13. The number of amides is 4. The van der Waals surface area contributed by atoms with Gasteiger partial charge in [-0.15, -0.1) is 13.2 Å². The van der Waals surface area contributed by atoms with Crippen molar-refractivity contribution in [3.63, 3.8) is 0 Å². The molecule has 4 fully saturated rings. The van der Waals surface area contributed by atoms with E-state index in [4.69, 9.17) is 0 Å². The van der Waals surface area contributed by atoms with Crippen molar-refractivity contribution in [1.82, 2.24) is 14.8 Å². The molecule has 13 heteroatoms. The number of phenolic OH excluding ortho intramolecular Hbond substituents is 1. The van der Waals surface area contributed by atoms with Gasteiger partial charge in [-0.2, -0.15) is 5.01 Å². The van der Waals surface area contributed by atoms with Crippen LogP contribution in [0.25, 0.3) is 0 Å². The Morgan fingerprint density at radius 3 is 2.19 bits per heavy atom. The highest BCUT2D eigenvalue weighted by Gasteiger charge is 2.71. The molecule has 0 aromatic heterocycles. The number of ether oxygens (including phenoxy) is 1. The van der Waals surface area contributed by atoms with E-state index in [-0.39, 0.29) is 36.3 Å². The third-order valence-corrected chi connectivity index (χ3v) is 13.1. The number of imide groups is 2. The van der Waals surface area contributed by atoms with Crippen molar-refractivity contribution >= 4 is 29.3 Å². The fourth-order valence-electron chi connectivity index (χ4n) is 10.6. The SMILES string of the molecule is Cc1ccc(NN2C(=O)C3CC4C(=CCC5C(=O)N(C6CCN(Cc7ccccc7)CC6)C(=O)C54)C(c4cc(OC(F)(F)F)ccc4O)C3(c3ccccc3)C2=O)cc1. The highest BCUT2D eigenvalue weighted by Crippen LogP contribution is 2.65. The number of nitrogens with zero attached hydrogens (tertiary/aromatic N) is 3. The maximum atomic E-state index is 15.4. The van der Waals surface area contributed by atoms with Crippen molar-refractivity contribution in [2.45, 2.75) is 62.9 Å². The standard InChI is InChI=1S/C46H43F3N4O6/c1-27-12-14-30(15-13-27)50-53-42(56)37-25-35-33(17-18-34-39(35)43(57)52(41(34)55)31-20-22-51(23-21-31)26-28-8-4-2-5-9-28)40(45(37,44(53)58)29-10-6-3-7-11-29)36-24-32(16-19-38(36)54)59-46(47,48)49/h2-17,19,24,31,34-35,37,39-40,50,54H,18,20-23,25-26H2,1H3. The minimum absolute atomic E-state index is 0.0108. The van der Waals surface area contributed by atoms with Gasteiger partial charge in [-0.05, 0) is 80.0 Å². The molecule has 4 aromatic carbocycles. The van der Waals surface area contributed by atoms with Crippen molar-refractivity contribution in [2.75, 3.05) is 18.5 Å². The number of aryl methyl sites for hydroxylation is 1. The molecular weight excluding hydrogens is 762 g/mol. The molecular formula is C46H43F3N4O6. The first kappa shape index (κ1) is 38.6. The number of fused-ring (bicyclic) bond motifs is 4. The number of carbonyl (C=O) groups is 4. The third kappa shape index (κ3) is 6.55. The van der Waals surface area contributed by atoms with Crippen molar-refractivity contribution in [2.24, 2.45) is 23.7 Å². The molecule has 0 bridgehead atoms. The molecule has 6 atom stereocenters. The summed E-state index contributed by atoms with van der Waals surface area (Å²) in [5.41, 5.74) is 4.69. The van der Waals surface area contributed by atoms with E-state index in [9.17, 15) is 32.7 Å². The summed E-state index contributed by atoms with van der Waals surface area (Å²) in [6.45, 7) is 4.04. The molecule has 4 amide bonds. The van der Waals surface area contributed by atoms with Crippen molar-refractivity contribution in [3.8, 4) is 11.5 Å². The van der Waals surface area contributed by atoms with Crippen LogP contribution in [0.2, 0.25) is 0 Å². The minimum Gasteiger partial charge on any atom is -0.508 e. The Morgan fingerprint density at radius 1 is 0.831 bits per heavy atom. The number of carbonyl (C=O) groups excluding carboxylic acids is 4. The Bertz CT molecular complexity index is 2330. The maximum absolute atomic E-state index is 15.4. The van der Waals surface area contributed by atoms with E-state index in [0.29, 0.717) is 42.8 Å². The van der Waals surface area contributed by atoms with Crippen molar-refractivity contribution < 1.29 is 42.2 Å². The molecule has 5 aliphatic rings. The summed E-state index contributed by atoms with van der Waals surface area (Å²) in [5.74, 6) is -7.61. The Kier molecular flexibility index (Phi) is 9.61. The molecule has 9 rings (SSSR count). The summed E-state index contributed by atoms with van der Waals surface area (Å²) in [6, 6.07) is 28.6. The monoisotopic (exact) mass is 804 g/mol. The molecule has 3 saturated heterocycles. The number of rotatable bonds is 8. The third-order valence-electron chi connectivity index (χ3n) is 13.1. The summed E-state index contributed by atoms with van der Waals surface area (Å²) in [5, 5.41) is 12.6. The number of hydrogen-bond acceptors (Lipinski definition) is 8. The van der Waals surface area contributed by atoms with Gasteiger partial charge in [-0.25, -0.2) is 0 Å². The first-order valence-corrected chi connectivity index (χ1v) is 20.0. The zero-order valence-electron chi connectivity index (χ0n) is 32.3. The van der Waals surface area contributed by atoms with Gasteiger partial charge in [-0.3, -0.25) is 34.4 Å². The van der Waals surface area contributed by atoms with Gasteiger partial charge in [0.05, 0.1) is 28.9 Å². The van der Waals surface area contributed by atoms with Crippen LogP contribution in [0.15, 0.2) is 115 Å². The van der Waals surface area contributed by atoms with Gasteiger partial charge in [0.15, 0.2) is 0 Å². The molecule has 59 heavy (non-hydrogen) atoms. The van der Waals surface area contributed by atoms with Gasteiger partial charge in [0.25, 0.3) is 11.8 Å². The van der Waals surface area contributed by atoms with Crippen LogP contribution in [0.1, 0.15) is 53.9 Å². The van der Waals surface area contributed by atoms with Crippen molar-refractivity contribution in [3.05, 3.63) is 137 Å². The number of phenols is 1. The summed E-state index contributed by atoms with van der Waals surface area (Å²) in [6.07, 6.45) is -1.89. The van der Waals surface area contributed by atoms with Crippen LogP contribution in [0.5, 0.6) is 11.5 Å². The maximum Gasteiger partial charge on any atom is 0.573 e. The van der Waals surface area contributed by atoms with Crippen LogP contribution in [0.4, 0.5) is 18.9 Å². The van der Waals surface area contributed by atoms with E-state index in [1.54, 1.807) is 42.5 Å². The zero-order chi connectivity index (χ0) is 41.2. The normalized spacial score (nSPS) is 27.3. The largest absolute Gasteiger partial charge is 0.573 e. The smallest absolute Gasteiger partial charge is 0.508 e. The summed E-state index contributed by atoms with van der Waals surface area (Å²) < 4.78 is 45.4. The second-order valence-corrected chi connectivity index (χ2v) is 16.4. The van der Waals surface area contributed by atoms with E-state index >= 15 is 4.79 Å². The Balaban J connectivity index is 1.13. The van der Waals surface area contributed by atoms with Gasteiger partial charge in [0, 0.05) is 37.2 Å². The number of hydrazine groups is 1. The van der Waals surface area contributed by atoms with Crippen LogP contribution >= 0.6 is 0 Å². The number of alkyl halides is 3. The first-order chi connectivity index (χ1) is 28.3. The molecule has 3 heterocycles. The zero-order valence-corrected chi connectivity index (χ0v) is 32.3. The van der Waals surface area contributed by atoms with Crippen LogP contribution in [0, 0.1) is 30.6 Å². The van der Waals surface area contributed by atoms with Gasteiger partial charge in [-0.1, -0.05) is 90.0 Å². The highest BCUT2D eigenvalue weighted by atomic mass is 19.4. The number of allylic oxidation sites excluding steroid dienone is 2. The molecule has 10 nitrogen and oxygen atoms in total. The van der Waals surface area contributed by atoms with E-state index in [1.165, 1.54) is 10.5 Å². The Morgan fingerprint density at radius 2 is 1.51 bits per heavy atom. The van der Waals surface area contributed by atoms with Gasteiger partial charge < -0.3 is 9.84 Å². The molecule has 6 unspecified atom stereocenters. The predicted octanol–water partition coefficient (Wildman–Crippen LogP) is 7.25. The number of hydrogen-bond donors (Lipinski definition) is 2. The van der Waals surface area contributed by atoms with Crippen LogP contribution < -0.4 is 10.2 Å². The molecule has 304 valence electrons. The fraction of sp³-hybridized carbons (Fsp3) is 0.348. The minimum atomic E-state index is -5.06. The predicted molar refractivity (Wildman–Crippen MR) is 210 cm³/mol. The fourth-order valence-corrected chi connectivity index (χ4v) is 10.6. The average Bonchev–Trinajstić information content (AvgIpc) is 3.60. The number of piperidine rings is 1. The molecule has 0 spiro atoms. The number of halogens is 3. The molecule has 2 N–H and O–H groups in total. The van der Waals surface area contributed by atoms with Crippen LogP contribution in [0.3, 0.4) is 0 Å². The second kappa shape index (κ2) is 14.7. The summed E-state index contributed by atoms with van der Waals surface area (Å²) >= 11 is 0. The number of aromatic hydroxyl groups is 1. The van der Waals surface area contributed by atoms with Gasteiger partial charge in [0.2, 0.25) is 11.8 Å².